The molecule has 0 saturated carbocycles. The number of hydrogen-bond donors (Lipinski definition) is 0. The Bertz CT molecular complexity index is 596. The number of fused-ring (bicyclic) bond motifs is 1. The van der Waals surface area contributed by atoms with Gasteiger partial charge in [0.25, 0.3) is 0 Å². The molecule has 3 nitrogen and oxygen atoms in total. The molecular weight excluding hydrogens is 218 g/mol. The molecular formula is C12H16NO2Si+. The number of aromatic nitrogens is 1. The number of hydrogen-bond acceptors (Lipinski definition) is 2. The smallest absolute Gasteiger partial charge is 0.373 e. The highest BCUT2D eigenvalue weighted by atomic mass is 28.3. The Balaban J connectivity index is 2.83. The molecule has 1 aromatic heterocycles. The monoisotopic (exact) mass is 234 g/mol. The predicted molar refractivity (Wildman–Crippen MR) is 66.2 cm³/mol. The van der Waals surface area contributed by atoms with Crippen LogP contribution in [0.25, 0.3) is 11.0 Å². The van der Waals surface area contributed by atoms with E-state index in [-0.39, 0.29) is 5.76 Å². The van der Waals surface area contributed by atoms with E-state index < -0.39 is 8.24 Å². The summed E-state index contributed by atoms with van der Waals surface area (Å²) in [5.74, 6) is -0.249. The lowest BCUT2D eigenvalue weighted by atomic mass is 10.2. The van der Waals surface area contributed by atoms with Gasteiger partial charge in [-0.1, -0.05) is 12.1 Å². The highest BCUT2D eigenvalue weighted by molar-refractivity contribution is 6.67. The van der Waals surface area contributed by atoms with Crippen molar-refractivity contribution in [3.8, 4) is 0 Å². The molecule has 2 aromatic rings. The van der Waals surface area contributed by atoms with Gasteiger partial charge in [-0.3, -0.25) is 0 Å². The Morgan fingerprint density at radius 3 is 2.56 bits per heavy atom. The first-order valence-electron chi connectivity index (χ1n) is 5.35. The summed E-state index contributed by atoms with van der Waals surface area (Å²) in [6.07, 6.45) is 1.92. The van der Waals surface area contributed by atoms with E-state index in [4.69, 9.17) is 4.42 Å². The van der Waals surface area contributed by atoms with Gasteiger partial charge in [-0.2, -0.15) is 4.79 Å². The molecule has 0 spiro atoms. The lowest BCUT2D eigenvalue weighted by Gasteiger charge is -2.08. The molecule has 0 radical (unpaired) electrons. The van der Waals surface area contributed by atoms with Crippen molar-refractivity contribution >= 4 is 19.2 Å². The minimum absolute atomic E-state index is 0.249. The van der Waals surface area contributed by atoms with Crippen molar-refractivity contribution < 1.29 is 8.65 Å². The van der Waals surface area contributed by atoms with Gasteiger partial charge in [0, 0.05) is 0 Å². The van der Waals surface area contributed by atoms with Crippen LogP contribution in [0.1, 0.15) is 5.56 Å². The van der Waals surface area contributed by atoms with E-state index in [1.807, 2.05) is 31.3 Å². The molecule has 0 N–H and O–H groups in total. The van der Waals surface area contributed by atoms with Crippen LogP contribution in [-0.4, -0.2) is 8.24 Å². The van der Waals surface area contributed by atoms with Crippen molar-refractivity contribution in [1.29, 1.82) is 0 Å². The molecule has 4 heteroatoms. The van der Waals surface area contributed by atoms with Crippen LogP contribution in [0.4, 0.5) is 0 Å². The third-order valence-electron chi connectivity index (χ3n) is 2.62. The van der Waals surface area contributed by atoms with E-state index in [0.717, 1.165) is 10.9 Å². The van der Waals surface area contributed by atoms with Crippen LogP contribution in [0.15, 0.2) is 33.6 Å². The molecule has 1 aromatic carbocycles. The molecule has 84 valence electrons. The summed E-state index contributed by atoms with van der Waals surface area (Å²) in [5.41, 5.74) is 1.69. The Labute approximate surface area is 95.4 Å². The first-order valence-corrected chi connectivity index (χ1v) is 8.80. The van der Waals surface area contributed by atoms with E-state index in [0.29, 0.717) is 5.58 Å². The van der Waals surface area contributed by atoms with Gasteiger partial charge in [0.2, 0.25) is 0 Å². The summed E-state index contributed by atoms with van der Waals surface area (Å²) in [7, 11) is -1.70. The summed E-state index contributed by atoms with van der Waals surface area (Å²) < 4.78 is 7.15. The summed E-state index contributed by atoms with van der Waals surface area (Å²) in [4.78, 5) is 11.9. The van der Waals surface area contributed by atoms with Gasteiger partial charge in [0.15, 0.2) is 11.8 Å². The van der Waals surface area contributed by atoms with Gasteiger partial charge in [-0.15, -0.1) is 0 Å². The Kier molecular flexibility index (Phi) is 2.46. The van der Waals surface area contributed by atoms with Crippen molar-refractivity contribution in [3.05, 3.63) is 40.5 Å². The average Bonchev–Trinajstić information content (AvgIpc) is 2.17. The van der Waals surface area contributed by atoms with Gasteiger partial charge in [-0.25, -0.2) is 4.23 Å². The third kappa shape index (κ3) is 1.80. The predicted octanol–water partition coefficient (Wildman–Crippen LogP) is 2.07. The Morgan fingerprint density at radius 1 is 1.25 bits per heavy atom. The van der Waals surface area contributed by atoms with Gasteiger partial charge in [0.1, 0.15) is 0 Å². The molecule has 16 heavy (non-hydrogen) atoms. The number of aryl methyl sites for hydroxylation is 1. The maximum Gasteiger partial charge on any atom is 0.579 e. The SMILES string of the molecule is Cc1cccc2c[n+]([Si](C)(C)C)c(=O)oc12. The summed E-state index contributed by atoms with van der Waals surface area (Å²) in [5, 5.41) is 0.988. The van der Waals surface area contributed by atoms with Gasteiger partial charge >= 0.3 is 14.0 Å². The van der Waals surface area contributed by atoms with Crippen LogP contribution in [-0.2, 0) is 0 Å². The van der Waals surface area contributed by atoms with Crippen molar-refractivity contribution in [2.24, 2.45) is 0 Å². The molecule has 2 rings (SSSR count). The molecule has 0 unspecified atom stereocenters. The largest absolute Gasteiger partial charge is 0.579 e. The van der Waals surface area contributed by atoms with Crippen LogP contribution in [0.3, 0.4) is 0 Å². The van der Waals surface area contributed by atoms with Crippen LogP contribution < -0.4 is 9.99 Å². The minimum Gasteiger partial charge on any atom is -0.373 e. The molecule has 0 bridgehead atoms. The molecule has 0 fully saturated rings. The van der Waals surface area contributed by atoms with E-state index in [2.05, 4.69) is 19.6 Å². The molecule has 0 amide bonds. The van der Waals surface area contributed by atoms with E-state index in [1.54, 1.807) is 4.23 Å². The zero-order valence-corrected chi connectivity index (χ0v) is 11.1. The second-order valence-corrected chi connectivity index (χ2v) is 9.85. The Hall–Kier alpha value is -1.42. The van der Waals surface area contributed by atoms with Crippen molar-refractivity contribution in [3.63, 3.8) is 0 Å². The fourth-order valence-electron chi connectivity index (χ4n) is 1.71. The highest BCUT2D eigenvalue weighted by Crippen LogP contribution is 2.14. The van der Waals surface area contributed by atoms with Crippen LogP contribution in [0, 0.1) is 6.92 Å². The lowest BCUT2D eigenvalue weighted by molar-refractivity contribution is -0.575. The van der Waals surface area contributed by atoms with Gasteiger partial charge < -0.3 is 4.42 Å². The number of para-hydroxylation sites is 1. The van der Waals surface area contributed by atoms with Crippen LogP contribution in [0.2, 0.25) is 19.6 Å². The quantitative estimate of drug-likeness (QED) is 0.708. The molecule has 1 heterocycles. The topological polar surface area (TPSA) is 34.1 Å². The zero-order chi connectivity index (χ0) is 11.9. The first-order chi connectivity index (χ1) is 7.39. The molecule has 0 saturated heterocycles. The van der Waals surface area contributed by atoms with Crippen LogP contribution in [0.5, 0.6) is 0 Å². The molecule has 0 aliphatic carbocycles. The summed E-state index contributed by atoms with van der Waals surface area (Å²) in [6, 6.07) is 5.90. The Morgan fingerprint density at radius 2 is 1.94 bits per heavy atom. The number of nitrogens with zero attached hydrogens (tertiary/aromatic N) is 1. The fourth-order valence-corrected chi connectivity index (χ4v) is 2.83. The number of benzene rings is 1. The molecule has 0 atom stereocenters. The standard InChI is InChI=1S/C12H16NO2Si/c1-9-6-5-7-10-8-13(16(2,3)4)12(14)15-11(9)10/h5-8H,1-4H3/q+1. The normalized spacial score (nSPS) is 12.0. The fraction of sp³-hybridized carbons (Fsp3) is 0.333. The van der Waals surface area contributed by atoms with E-state index >= 15 is 0 Å². The molecule has 0 aliphatic rings. The lowest BCUT2D eigenvalue weighted by Crippen LogP contribution is -2.67. The third-order valence-corrected chi connectivity index (χ3v) is 4.38. The highest BCUT2D eigenvalue weighted by Gasteiger charge is 2.32. The second-order valence-electron chi connectivity index (χ2n) is 5.03. The summed E-state index contributed by atoms with van der Waals surface area (Å²) >= 11 is 0. The van der Waals surface area contributed by atoms with Crippen molar-refractivity contribution in [1.82, 2.24) is 0 Å². The van der Waals surface area contributed by atoms with E-state index in [9.17, 15) is 4.79 Å². The first kappa shape index (κ1) is 11.1. The second kappa shape index (κ2) is 3.56. The van der Waals surface area contributed by atoms with E-state index in [1.165, 1.54) is 0 Å². The summed E-state index contributed by atoms with van der Waals surface area (Å²) in [6.45, 7) is 8.30. The average molecular weight is 234 g/mol. The number of rotatable bonds is 1. The van der Waals surface area contributed by atoms with Crippen molar-refractivity contribution in [2.45, 2.75) is 26.6 Å². The maximum atomic E-state index is 11.9. The molecule has 0 aliphatic heterocycles. The van der Waals surface area contributed by atoms with Gasteiger partial charge in [0.05, 0.1) is 5.39 Å². The zero-order valence-electron chi connectivity index (χ0n) is 10.1. The minimum atomic E-state index is -1.70. The van der Waals surface area contributed by atoms with Crippen molar-refractivity contribution in [2.75, 3.05) is 0 Å². The van der Waals surface area contributed by atoms with Crippen LogP contribution >= 0.6 is 0 Å². The van der Waals surface area contributed by atoms with Gasteiger partial charge in [-0.05, 0) is 38.2 Å². The maximum absolute atomic E-state index is 11.9.